The van der Waals surface area contributed by atoms with E-state index in [0.717, 1.165) is 19.4 Å². The van der Waals surface area contributed by atoms with Gasteiger partial charge in [-0.15, -0.1) is 0 Å². The molecule has 5 heteroatoms. The Balaban J connectivity index is 1.80. The fourth-order valence-corrected chi connectivity index (χ4v) is 2.48. The monoisotopic (exact) mass is 265 g/mol. The number of carbonyl (C=O) groups is 1. The molecule has 1 aromatic rings. The minimum absolute atomic E-state index is 0.159. The second kappa shape index (κ2) is 6.63. The van der Waals surface area contributed by atoms with Crippen LogP contribution in [0.4, 0.5) is 10.1 Å². The third-order valence-electron chi connectivity index (χ3n) is 3.55. The first-order chi connectivity index (χ1) is 9.20. The molecular weight excluding hydrogens is 245 g/mol. The lowest BCUT2D eigenvalue weighted by Gasteiger charge is -2.22. The van der Waals surface area contributed by atoms with Gasteiger partial charge in [-0.1, -0.05) is 12.1 Å². The molecule has 1 atom stereocenters. The number of nitrogens with zero attached hydrogens (tertiary/aromatic N) is 1. The predicted octanol–water partition coefficient (Wildman–Crippen LogP) is 1.58. The van der Waals surface area contributed by atoms with Gasteiger partial charge in [-0.05, 0) is 31.5 Å². The largest absolute Gasteiger partial charge is 0.329 e. The second-order valence-corrected chi connectivity index (χ2v) is 4.85. The van der Waals surface area contributed by atoms with Crippen LogP contribution in [-0.4, -0.2) is 36.5 Å². The van der Waals surface area contributed by atoms with Crippen LogP contribution in [0.1, 0.15) is 19.3 Å². The zero-order chi connectivity index (χ0) is 13.7. The molecule has 1 unspecified atom stereocenters. The van der Waals surface area contributed by atoms with Crippen molar-refractivity contribution in [1.29, 1.82) is 0 Å². The number of benzene rings is 1. The van der Waals surface area contributed by atoms with E-state index in [0.29, 0.717) is 25.6 Å². The molecule has 1 aromatic carbocycles. The quantitative estimate of drug-likeness (QED) is 0.849. The van der Waals surface area contributed by atoms with Crippen molar-refractivity contribution >= 4 is 11.6 Å². The van der Waals surface area contributed by atoms with E-state index < -0.39 is 5.82 Å². The zero-order valence-corrected chi connectivity index (χ0v) is 10.9. The Morgan fingerprint density at radius 2 is 2.26 bits per heavy atom. The van der Waals surface area contributed by atoms with Crippen molar-refractivity contribution in [3.8, 4) is 0 Å². The van der Waals surface area contributed by atoms with Crippen LogP contribution in [0.5, 0.6) is 0 Å². The van der Waals surface area contributed by atoms with E-state index in [-0.39, 0.29) is 11.6 Å². The summed E-state index contributed by atoms with van der Waals surface area (Å²) < 4.78 is 13.4. The molecule has 3 N–H and O–H groups in total. The number of nitrogens with one attached hydrogen (secondary N) is 1. The van der Waals surface area contributed by atoms with E-state index in [9.17, 15) is 9.18 Å². The van der Waals surface area contributed by atoms with Crippen molar-refractivity contribution in [2.24, 2.45) is 5.73 Å². The molecule has 0 spiro atoms. The van der Waals surface area contributed by atoms with Crippen LogP contribution in [0, 0.1) is 5.82 Å². The molecule has 0 aliphatic carbocycles. The van der Waals surface area contributed by atoms with Gasteiger partial charge in [0.2, 0.25) is 5.91 Å². The van der Waals surface area contributed by atoms with E-state index >= 15 is 0 Å². The number of likely N-dealkylation sites (tertiary alicyclic amines) is 1. The number of nitrogens with two attached hydrogens (primary N) is 1. The molecule has 1 aliphatic rings. The molecular formula is C14H20FN3O. The summed E-state index contributed by atoms with van der Waals surface area (Å²) in [6.45, 7) is 2.31. The van der Waals surface area contributed by atoms with Crippen LogP contribution in [-0.2, 0) is 4.79 Å². The first-order valence-corrected chi connectivity index (χ1v) is 6.69. The number of halogens is 1. The van der Waals surface area contributed by atoms with Crippen molar-refractivity contribution in [1.82, 2.24) is 4.90 Å². The molecule has 0 aromatic heterocycles. The topological polar surface area (TPSA) is 58.4 Å². The summed E-state index contributed by atoms with van der Waals surface area (Å²) >= 11 is 0. The first kappa shape index (κ1) is 14.0. The third kappa shape index (κ3) is 3.75. The first-order valence-electron chi connectivity index (χ1n) is 6.69. The number of para-hydroxylation sites is 1. The molecule has 19 heavy (non-hydrogen) atoms. The average Bonchev–Trinajstić information content (AvgIpc) is 2.86. The lowest BCUT2D eigenvalue weighted by molar-refractivity contribution is -0.116. The van der Waals surface area contributed by atoms with Crippen LogP contribution in [0.15, 0.2) is 24.3 Å². The van der Waals surface area contributed by atoms with E-state index in [2.05, 4.69) is 10.2 Å². The molecule has 1 fully saturated rings. The number of anilines is 1. The SMILES string of the molecule is NCC1CCCN1CCC(=O)Nc1ccccc1F. The lowest BCUT2D eigenvalue weighted by atomic mass is 10.2. The van der Waals surface area contributed by atoms with Gasteiger partial charge in [0.15, 0.2) is 0 Å². The van der Waals surface area contributed by atoms with Crippen LogP contribution < -0.4 is 11.1 Å². The Labute approximate surface area is 112 Å². The average molecular weight is 265 g/mol. The van der Waals surface area contributed by atoms with Gasteiger partial charge in [0.05, 0.1) is 5.69 Å². The summed E-state index contributed by atoms with van der Waals surface area (Å²) in [5.74, 6) is -0.565. The Bertz CT molecular complexity index is 438. The fourth-order valence-electron chi connectivity index (χ4n) is 2.48. The maximum Gasteiger partial charge on any atom is 0.225 e. The van der Waals surface area contributed by atoms with Gasteiger partial charge < -0.3 is 11.1 Å². The maximum atomic E-state index is 13.4. The van der Waals surface area contributed by atoms with Crippen molar-refractivity contribution in [2.75, 3.05) is 25.0 Å². The Morgan fingerprint density at radius 1 is 1.47 bits per heavy atom. The number of hydrogen-bond acceptors (Lipinski definition) is 3. The summed E-state index contributed by atoms with van der Waals surface area (Å²) in [5, 5.41) is 2.60. The summed E-state index contributed by atoms with van der Waals surface area (Å²) in [7, 11) is 0. The molecule has 0 bridgehead atoms. The van der Waals surface area contributed by atoms with Crippen molar-refractivity contribution in [2.45, 2.75) is 25.3 Å². The van der Waals surface area contributed by atoms with E-state index in [1.54, 1.807) is 18.2 Å². The van der Waals surface area contributed by atoms with Crippen LogP contribution in [0.2, 0.25) is 0 Å². The zero-order valence-electron chi connectivity index (χ0n) is 10.9. The Morgan fingerprint density at radius 3 is 3.00 bits per heavy atom. The van der Waals surface area contributed by atoms with Gasteiger partial charge in [0.25, 0.3) is 0 Å². The Hall–Kier alpha value is -1.46. The minimum Gasteiger partial charge on any atom is -0.329 e. The number of rotatable bonds is 5. The highest BCUT2D eigenvalue weighted by molar-refractivity contribution is 5.90. The van der Waals surface area contributed by atoms with Crippen molar-refractivity contribution in [3.63, 3.8) is 0 Å². The number of amides is 1. The van der Waals surface area contributed by atoms with E-state index in [1.807, 2.05) is 0 Å². The van der Waals surface area contributed by atoms with Crippen LogP contribution >= 0.6 is 0 Å². The van der Waals surface area contributed by atoms with Gasteiger partial charge in [0.1, 0.15) is 5.82 Å². The molecule has 104 valence electrons. The summed E-state index contributed by atoms with van der Waals surface area (Å²) in [5.41, 5.74) is 5.92. The molecule has 1 heterocycles. The summed E-state index contributed by atoms with van der Waals surface area (Å²) in [4.78, 5) is 14.0. The Kier molecular flexibility index (Phi) is 4.87. The number of hydrogen-bond donors (Lipinski definition) is 2. The normalized spacial score (nSPS) is 19.6. The van der Waals surface area contributed by atoms with Gasteiger partial charge in [0, 0.05) is 25.6 Å². The standard InChI is InChI=1S/C14H20FN3O/c15-12-5-1-2-6-13(12)17-14(19)7-9-18-8-3-4-11(18)10-16/h1-2,5-6,11H,3-4,7-10,16H2,(H,17,19). The maximum absolute atomic E-state index is 13.4. The highest BCUT2D eigenvalue weighted by Gasteiger charge is 2.23. The number of carbonyl (C=O) groups excluding carboxylic acids is 1. The lowest BCUT2D eigenvalue weighted by Crippen LogP contribution is -2.37. The molecule has 0 radical (unpaired) electrons. The highest BCUT2D eigenvalue weighted by atomic mass is 19.1. The van der Waals surface area contributed by atoms with Gasteiger partial charge in [-0.2, -0.15) is 0 Å². The van der Waals surface area contributed by atoms with Gasteiger partial charge in [-0.3, -0.25) is 9.69 Å². The smallest absolute Gasteiger partial charge is 0.225 e. The predicted molar refractivity (Wildman–Crippen MR) is 73.3 cm³/mol. The minimum atomic E-state index is -0.406. The highest BCUT2D eigenvalue weighted by Crippen LogP contribution is 2.17. The van der Waals surface area contributed by atoms with Crippen molar-refractivity contribution in [3.05, 3.63) is 30.1 Å². The second-order valence-electron chi connectivity index (χ2n) is 4.85. The van der Waals surface area contributed by atoms with Crippen molar-refractivity contribution < 1.29 is 9.18 Å². The molecule has 2 rings (SSSR count). The van der Waals surface area contributed by atoms with E-state index in [4.69, 9.17) is 5.73 Å². The van der Waals surface area contributed by atoms with Crippen LogP contribution in [0.3, 0.4) is 0 Å². The molecule has 1 saturated heterocycles. The van der Waals surface area contributed by atoms with Gasteiger partial charge >= 0.3 is 0 Å². The van der Waals surface area contributed by atoms with Gasteiger partial charge in [-0.25, -0.2) is 4.39 Å². The third-order valence-corrected chi connectivity index (χ3v) is 3.55. The fraction of sp³-hybridized carbons (Fsp3) is 0.500. The van der Waals surface area contributed by atoms with Crippen LogP contribution in [0.25, 0.3) is 0 Å². The summed E-state index contributed by atoms with van der Waals surface area (Å²) in [6, 6.07) is 6.58. The van der Waals surface area contributed by atoms with E-state index in [1.165, 1.54) is 6.07 Å². The molecule has 1 amide bonds. The summed E-state index contributed by atoms with van der Waals surface area (Å²) in [6.07, 6.45) is 2.60. The molecule has 4 nitrogen and oxygen atoms in total. The molecule has 0 saturated carbocycles. The molecule has 1 aliphatic heterocycles.